The van der Waals surface area contributed by atoms with Crippen molar-refractivity contribution in [2.45, 2.75) is 56.3 Å². The van der Waals surface area contributed by atoms with Crippen molar-refractivity contribution in [1.29, 1.82) is 10.8 Å². The Kier molecular flexibility index (Phi) is 15.4. The Balaban J connectivity index is 0.00000116. The van der Waals surface area contributed by atoms with Crippen LogP contribution >= 0.6 is 0 Å². The quantitative estimate of drug-likeness (QED) is 0.0581. The van der Waals surface area contributed by atoms with Gasteiger partial charge in [0.2, 0.25) is 17.7 Å². The Morgan fingerprint density at radius 2 is 1.37 bits per heavy atom. The van der Waals surface area contributed by atoms with E-state index in [-0.39, 0.29) is 37.6 Å². The Hall–Kier alpha value is -6.20. The fourth-order valence-electron chi connectivity index (χ4n) is 4.74. The molecule has 3 amide bonds. The van der Waals surface area contributed by atoms with Gasteiger partial charge >= 0.3 is 18.1 Å². The lowest BCUT2D eigenvalue weighted by Crippen LogP contribution is -2.53. The first kappa shape index (κ1) is 41.0. The van der Waals surface area contributed by atoms with Crippen molar-refractivity contribution in [2.24, 2.45) is 17.2 Å². The van der Waals surface area contributed by atoms with E-state index in [1.54, 1.807) is 24.3 Å². The molecule has 0 fully saturated rings. The summed E-state index contributed by atoms with van der Waals surface area (Å²) in [7, 11) is 0. The van der Waals surface area contributed by atoms with Gasteiger partial charge < -0.3 is 43.4 Å². The van der Waals surface area contributed by atoms with E-state index in [1.807, 2.05) is 42.5 Å². The minimum absolute atomic E-state index is 0.0861. The van der Waals surface area contributed by atoms with Gasteiger partial charge in [-0.25, -0.2) is 4.79 Å². The molecular weight excluding hydrogens is 677 g/mol. The normalized spacial score (nSPS) is 12.6. The molecule has 0 bridgehead atoms. The lowest BCUT2D eigenvalue weighted by Gasteiger charge is -2.25. The number of amides is 3. The van der Waals surface area contributed by atoms with E-state index in [2.05, 4.69) is 16.0 Å². The predicted molar refractivity (Wildman–Crippen MR) is 181 cm³/mol. The summed E-state index contributed by atoms with van der Waals surface area (Å²) in [5.41, 5.74) is 18.3. The largest absolute Gasteiger partial charge is 0.490 e. The van der Waals surface area contributed by atoms with E-state index < -0.39 is 60.3 Å². The van der Waals surface area contributed by atoms with Crippen LogP contribution in [0.15, 0.2) is 66.7 Å². The SMILES string of the molecule is N=C(N)NCCC[C@H](NC(=O)[C@H](CCC(=O)O)NC(=O)[C@H](Cc1ccc(C(=N)N)cc1)c1ccc2ccccc2c1)C(N)=O.O=C(O)C(F)(F)F. The fourth-order valence-corrected chi connectivity index (χ4v) is 4.74. The third kappa shape index (κ3) is 14.1. The summed E-state index contributed by atoms with van der Waals surface area (Å²) in [6.45, 7) is 0.273. The number of carboxylic acid groups (broad SMARTS) is 2. The molecule has 13 N–H and O–H groups in total. The highest BCUT2D eigenvalue weighted by molar-refractivity contribution is 5.95. The number of nitrogens with two attached hydrogens (primary N) is 3. The third-order valence-corrected chi connectivity index (χ3v) is 7.36. The number of nitrogen functional groups attached to an aromatic ring is 1. The number of benzene rings is 3. The Labute approximate surface area is 289 Å². The van der Waals surface area contributed by atoms with Crippen LogP contribution in [-0.4, -0.2) is 76.5 Å². The molecule has 18 heteroatoms. The summed E-state index contributed by atoms with van der Waals surface area (Å²) in [5.74, 6) is -7.06. The molecule has 15 nitrogen and oxygen atoms in total. The first-order valence-electron chi connectivity index (χ1n) is 15.3. The summed E-state index contributed by atoms with van der Waals surface area (Å²) >= 11 is 0. The topological polar surface area (TPSA) is 288 Å². The zero-order valence-corrected chi connectivity index (χ0v) is 27.1. The number of carbonyl (C=O) groups excluding carboxylic acids is 3. The van der Waals surface area contributed by atoms with Gasteiger partial charge in [0.05, 0.1) is 5.92 Å². The van der Waals surface area contributed by atoms with Crippen molar-refractivity contribution in [2.75, 3.05) is 6.54 Å². The van der Waals surface area contributed by atoms with Crippen LogP contribution in [0.1, 0.15) is 48.3 Å². The van der Waals surface area contributed by atoms with Crippen LogP contribution in [0.25, 0.3) is 10.8 Å². The van der Waals surface area contributed by atoms with Crippen LogP contribution in [-0.2, 0) is 30.4 Å². The van der Waals surface area contributed by atoms with Crippen molar-refractivity contribution in [3.8, 4) is 0 Å². The van der Waals surface area contributed by atoms with E-state index in [0.29, 0.717) is 17.5 Å². The summed E-state index contributed by atoms with van der Waals surface area (Å²) < 4.78 is 31.7. The average molecular weight is 717 g/mol. The van der Waals surface area contributed by atoms with E-state index in [1.165, 1.54) is 0 Å². The number of nitrogens with one attached hydrogen (secondary N) is 5. The zero-order chi connectivity index (χ0) is 38.3. The Bertz CT molecular complexity index is 1740. The second kappa shape index (κ2) is 19.1. The first-order valence-corrected chi connectivity index (χ1v) is 15.3. The molecule has 3 rings (SSSR count). The lowest BCUT2D eigenvalue weighted by atomic mass is 9.89. The molecule has 3 aromatic carbocycles. The molecule has 0 saturated heterocycles. The number of aliphatic carboxylic acids is 2. The fraction of sp³-hybridized carbons (Fsp3) is 0.303. The summed E-state index contributed by atoms with van der Waals surface area (Å²) in [4.78, 5) is 59.5. The van der Waals surface area contributed by atoms with E-state index >= 15 is 0 Å². The van der Waals surface area contributed by atoms with Gasteiger partial charge in [0.15, 0.2) is 5.96 Å². The number of alkyl halides is 3. The monoisotopic (exact) mass is 716 g/mol. The summed E-state index contributed by atoms with van der Waals surface area (Å²) in [6, 6.07) is 17.9. The van der Waals surface area contributed by atoms with E-state index in [4.69, 9.17) is 37.9 Å². The molecular formula is C33H39F3N8O7. The number of fused-ring (bicyclic) bond motifs is 1. The molecule has 0 aliphatic heterocycles. The maximum Gasteiger partial charge on any atom is 0.490 e. The first-order chi connectivity index (χ1) is 23.9. The molecule has 3 atom stereocenters. The smallest absolute Gasteiger partial charge is 0.481 e. The molecule has 0 aromatic heterocycles. The Morgan fingerprint density at radius 1 is 0.784 bits per heavy atom. The molecule has 0 heterocycles. The molecule has 51 heavy (non-hydrogen) atoms. The molecule has 3 aromatic rings. The number of hydrogen-bond donors (Lipinski definition) is 10. The van der Waals surface area contributed by atoms with E-state index in [0.717, 1.165) is 16.3 Å². The van der Waals surface area contributed by atoms with Crippen molar-refractivity contribution in [3.05, 3.63) is 83.4 Å². The highest BCUT2D eigenvalue weighted by atomic mass is 19.4. The summed E-state index contributed by atoms with van der Waals surface area (Å²) in [6.07, 6.45) is -4.98. The number of rotatable bonds is 16. The number of carboxylic acids is 2. The van der Waals surface area contributed by atoms with Crippen LogP contribution in [0.3, 0.4) is 0 Å². The van der Waals surface area contributed by atoms with Crippen molar-refractivity contribution >= 4 is 52.2 Å². The van der Waals surface area contributed by atoms with Gasteiger partial charge in [-0.2, -0.15) is 13.2 Å². The van der Waals surface area contributed by atoms with Gasteiger partial charge in [0.1, 0.15) is 17.9 Å². The molecule has 0 aliphatic rings. The molecule has 274 valence electrons. The predicted octanol–water partition coefficient (Wildman–Crippen LogP) is 1.67. The second-order valence-electron chi connectivity index (χ2n) is 11.2. The minimum Gasteiger partial charge on any atom is -0.481 e. The number of halogens is 3. The second-order valence-corrected chi connectivity index (χ2v) is 11.2. The van der Waals surface area contributed by atoms with E-state index in [9.17, 15) is 37.5 Å². The van der Waals surface area contributed by atoms with Gasteiger partial charge in [0.25, 0.3) is 0 Å². The number of guanidine groups is 1. The van der Waals surface area contributed by atoms with Crippen molar-refractivity contribution in [3.63, 3.8) is 0 Å². The molecule has 0 aliphatic carbocycles. The number of hydrogen-bond acceptors (Lipinski definition) is 7. The minimum atomic E-state index is -5.08. The Morgan fingerprint density at radius 3 is 1.90 bits per heavy atom. The molecule has 0 radical (unpaired) electrons. The van der Waals surface area contributed by atoms with Gasteiger partial charge in [0, 0.05) is 18.5 Å². The van der Waals surface area contributed by atoms with Crippen LogP contribution in [0.2, 0.25) is 0 Å². The maximum atomic E-state index is 13.9. The van der Waals surface area contributed by atoms with Crippen LogP contribution in [0.5, 0.6) is 0 Å². The standard InChI is InChI=1S/C31H38N8O5.C2HF3O2/c32-27(33)20-9-7-18(8-10-20)16-23(22-12-11-19-4-1-2-5-21(19)17-22)29(43)39-25(13-14-26(40)41)30(44)38-24(28(34)42)6-3-15-37-31(35)36;3-2(4,5)1(6)7/h1-2,4-5,7-12,17,23-25H,3,6,13-16H2,(H3,32,33)(H2,34,42)(H,38,44)(H,39,43)(H,40,41)(H4,35,36,37);(H,6,7)/t23-,24+,25+;/m1./s1. The van der Waals surface area contributed by atoms with Crippen LogP contribution in [0.4, 0.5) is 13.2 Å². The van der Waals surface area contributed by atoms with Crippen molar-refractivity contribution in [1.82, 2.24) is 16.0 Å². The molecule has 0 spiro atoms. The summed E-state index contributed by atoms with van der Waals surface area (Å²) in [5, 5.41) is 41.0. The number of carbonyl (C=O) groups is 5. The molecule has 0 saturated carbocycles. The van der Waals surface area contributed by atoms with Gasteiger partial charge in [-0.05, 0) is 47.6 Å². The van der Waals surface area contributed by atoms with Crippen molar-refractivity contribution < 1.29 is 47.4 Å². The average Bonchev–Trinajstić information content (AvgIpc) is 3.06. The maximum absolute atomic E-state index is 13.9. The molecule has 0 unspecified atom stereocenters. The number of amidine groups is 1. The van der Waals surface area contributed by atoms with Gasteiger partial charge in [-0.15, -0.1) is 0 Å². The van der Waals surface area contributed by atoms with Gasteiger partial charge in [-0.1, -0.05) is 66.7 Å². The van der Waals surface area contributed by atoms with Crippen LogP contribution in [0, 0.1) is 10.8 Å². The van der Waals surface area contributed by atoms with Crippen LogP contribution < -0.4 is 33.2 Å². The van der Waals surface area contributed by atoms with Gasteiger partial charge in [-0.3, -0.25) is 30.0 Å². The highest BCUT2D eigenvalue weighted by Crippen LogP contribution is 2.26. The third-order valence-electron chi connectivity index (χ3n) is 7.36. The number of primary amides is 1. The lowest BCUT2D eigenvalue weighted by molar-refractivity contribution is -0.192. The highest BCUT2D eigenvalue weighted by Gasteiger charge is 2.38. The zero-order valence-electron chi connectivity index (χ0n) is 27.1.